The van der Waals surface area contributed by atoms with Gasteiger partial charge in [0.05, 0.1) is 61.2 Å². The van der Waals surface area contributed by atoms with Crippen molar-refractivity contribution in [3.63, 3.8) is 0 Å². The first-order valence-corrected chi connectivity index (χ1v) is 11.5. The summed E-state index contributed by atoms with van der Waals surface area (Å²) in [5.41, 5.74) is 0.165. The maximum absolute atomic E-state index is 13.1. The molecule has 0 saturated heterocycles. The van der Waals surface area contributed by atoms with Crippen molar-refractivity contribution in [1.29, 1.82) is 0 Å². The maximum atomic E-state index is 13.1. The van der Waals surface area contributed by atoms with Gasteiger partial charge in [-0.05, 0) is 25.8 Å². The average Bonchev–Trinajstić information content (AvgIpc) is 3.29. The van der Waals surface area contributed by atoms with Crippen molar-refractivity contribution in [1.82, 2.24) is 17.6 Å². The Hall–Kier alpha value is -1.47. The zero-order valence-electron chi connectivity index (χ0n) is 16.5. The third-order valence-corrected chi connectivity index (χ3v) is 6.70. The first kappa shape index (κ1) is 22.2. The van der Waals surface area contributed by atoms with Gasteiger partial charge in [-0.15, -0.1) is 11.3 Å². The number of aliphatic imine (C=N–C) groups is 1. The second kappa shape index (κ2) is 10.0. The fourth-order valence-electron chi connectivity index (χ4n) is 3.40. The van der Waals surface area contributed by atoms with E-state index < -0.39 is 12.4 Å². The minimum absolute atomic E-state index is 0.184. The molecule has 0 bridgehead atoms. The minimum atomic E-state index is -0.516. The molecule has 1 N–H and O–H groups in total. The van der Waals surface area contributed by atoms with Crippen LogP contribution in [0.5, 0.6) is 0 Å². The molecule has 1 aliphatic rings. The SMILES string of the molecule is CCOCCn1c(=O)c2c(C)c(CN3CCN=C3NI)sc2n(CCCF)c1=O. The molecule has 2 aromatic rings. The summed E-state index contributed by atoms with van der Waals surface area (Å²) in [6.45, 7) is 6.61. The Kier molecular flexibility index (Phi) is 7.68. The summed E-state index contributed by atoms with van der Waals surface area (Å²) >= 11 is 3.49. The van der Waals surface area contributed by atoms with Gasteiger partial charge in [-0.3, -0.25) is 26.8 Å². The maximum Gasteiger partial charge on any atom is 0.332 e. The lowest BCUT2D eigenvalue weighted by Crippen LogP contribution is -2.40. The van der Waals surface area contributed by atoms with Gasteiger partial charge in [-0.1, -0.05) is 0 Å². The highest BCUT2D eigenvalue weighted by Crippen LogP contribution is 2.29. The van der Waals surface area contributed by atoms with Gasteiger partial charge < -0.3 is 9.64 Å². The van der Waals surface area contributed by atoms with Crippen LogP contribution in [0, 0.1) is 6.92 Å². The molecule has 0 aliphatic carbocycles. The van der Waals surface area contributed by atoms with E-state index in [1.54, 1.807) is 4.57 Å². The van der Waals surface area contributed by atoms with Gasteiger partial charge in [-0.25, -0.2) is 4.79 Å². The Balaban J connectivity index is 2.09. The van der Waals surface area contributed by atoms with Crippen molar-refractivity contribution in [2.45, 2.75) is 39.9 Å². The summed E-state index contributed by atoms with van der Waals surface area (Å²) in [5, 5.41) is 0.542. The molecule has 1 aliphatic heterocycles. The van der Waals surface area contributed by atoms with Crippen LogP contribution in [0.2, 0.25) is 0 Å². The first-order chi connectivity index (χ1) is 14.0. The fourth-order valence-corrected chi connectivity index (χ4v) is 5.25. The molecule has 0 aromatic carbocycles. The van der Waals surface area contributed by atoms with E-state index >= 15 is 0 Å². The highest BCUT2D eigenvalue weighted by molar-refractivity contribution is 14.1. The number of ether oxygens (including phenoxy) is 1. The van der Waals surface area contributed by atoms with Crippen LogP contribution >= 0.6 is 34.2 Å². The van der Waals surface area contributed by atoms with Crippen LogP contribution in [0.3, 0.4) is 0 Å². The molecule has 3 rings (SSSR count). The van der Waals surface area contributed by atoms with E-state index in [4.69, 9.17) is 4.74 Å². The van der Waals surface area contributed by atoms with Gasteiger partial charge in [-0.2, -0.15) is 0 Å². The molecule has 0 spiro atoms. The van der Waals surface area contributed by atoms with Crippen molar-refractivity contribution in [3.8, 4) is 0 Å². The summed E-state index contributed by atoms with van der Waals surface area (Å²) in [6, 6.07) is 0. The number of hydrogen-bond acceptors (Lipinski definition) is 7. The van der Waals surface area contributed by atoms with E-state index in [0.29, 0.717) is 23.4 Å². The molecular formula is C18H25FIN5O3S. The predicted octanol–water partition coefficient (Wildman–Crippen LogP) is 2.04. The van der Waals surface area contributed by atoms with Crippen LogP contribution in [-0.4, -0.2) is 53.0 Å². The fraction of sp³-hybridized carbons (Fsp3) is 0.611. The number of alkyl halides is 1. The smallest absolute Gasteiger partial charge is 0.332 e. The largest absolute Gasteiger partial charge is 0.380 e. The van der Waals surface area contributed by atoms with Gasteiger partial charge in [0.25, 0.3) is 5.56 Å². The summed E-state index contributed by atoms with van der Waals surface area (Å²) in [5.74, 6) is 0.811. The number of halogens is 2. The van der Waals surface area contributed by atoms with Crippen LogP contribution in [0.25, 0.3) is 10.2 Å². The monoisotopic (exact) mass is 537 g/mol. The Morgan fingerprint density at radius 2 is 2.10 bits per heavy atom. The second-order valence-electron chi connectivity index (χ2n) is 6.68. The minimum Gasteiger partial charge on any atom is -0.380 e. The van der Waals surface area contributed by atoms with E-state index in [-0.39, 0.29) is 31.7 Å². The lowest BCUT2D eigenvalue weighted by Gasteiger charge is -2.18. The van der Waals surface area contributed by atoms with Crippen LogP contribution < -0.4 is 14.8 Å². The Bertz CT molecular complexity index is 1020. The summed E-state index contributed by atoms with van der Waals surface area (Å²) in [7, 11) is 0. The Morgan fingerprint density at radius 1 is 1.31 bits per heavy atom. The predicted molar refractivity (Wildman–Crippen MR) is 122 cm³/mol. The summed E-state index contributed by atoms with van der Waals surface area (Å²) in [6.07, 6.45) is 0.229. The lowest BCUT2D eigenvalue weighted by atomic mass is 10.2. The normalized spacial score (nSPS) is 14.1. The van der Waals surface area contributed by atoms with Gasteiger partial charge in [0, 0.05) is 24.6 Å². The molecule has 160 valence electrons. The second-order valence-corrected chi connectivity index (χ2v) is 8.31. The van der Waals surface area contributed by atoms with E-state index in [0.717, 1.165) is 29.5 Å². The van der Waals surface area contributed by atoms with E-state index in [2.05, 4.69) is 36.3 Å². The number of rotatable bonds is 9. The molecule has 29 heavy (non-hydrogen) atoms. The number of thiophene rings is 1. The van der Waals surface area contributed by atoms with Crippen molar-refractivity contribution in [2.24, 2.45) is 4.99 Å². The van der Waals surface area contributed by atoms with Crippen LogP contribution in [0.4, 0.5) is 4.39 Å². The van der Waals surface area contributed by atoms with E-state index in [9.17, 15) is 14.0 Å². The van der Waals surface area contributed by atoms with Crippen molar-refractivity contribution < 1.29 is 9.13 Å². The third-order valence-electron chi connectivity index (χ3n) is 4.92. The number of aromatic nitrogens is 2. The molecule has 11 heteroatoms. The molecule has 8 nitrogen and oxygen atoms in total. The Labute approximate surface area is 185 Å². The highest BCUT2D eigenvalue weighted by atomic mass is 127. The van der Waals surface area contributed by atoms with Crippen LogP contribution in [0.15, 0.2) is 14.6 Å². The third kappa shape index (κ3) is 4.50. The average molecular weight is 537 g/mol. The molecule has 0 saturated carbocycles. The lowest BCUT2D eigenvalue weighted by molar-refractivity contribution is 0.137. The van der Waals surface area contributed by atoms with Gasteiger partial charge in [0.1, 0.15) is 4.83 Å². The van der Waals surface area contributed by atoms with E-state index in [1.165, 1.54) is 15.9 Å². The number of hydrogen-bond donors (Lipinski definition) is 1. The zero-order chi connectivity index (χ0) is 21.0. The molecule has 0 fully saturated rings. The standard InChI is InChI=1S/C18H25FIN5O3S/c1-3-28-10-9-24-15(26)14-12(2)13(11-23-8-6-21-17(23)22-20)29-16(14)25(18(24)27)7-4-5-19/h3-11H2,1-2H3,(H,21,22). The van der Waals surface area contributed by atoms with Crippen LogP contribution in [-0.2, 0) is 24.4 Å². The molecule has 3 heterocycles. The number of guanidine groups is 1. The van der Waals surface area contributed by atoms with Crippen LogP contribution in [0.1, 0.15) is 23.8 Å². The number of nitrogens with one attached hydrogen (secondary N) is 1. The molecular weight excluding hydrogens is 512 g/mol. The number of fused-ring (bicyclic) bond motifs is 1. The molecule has 0 radical (unpaired) electrons. The van der Waals surface area contributed by atoms with Gasteiger partial charge >= 0.3 is 5.69 Å². The van der Waals surface area contributed by atoms with Gasteiger partial charge in [0.2, 0.25) is 5.96 Å². The Morgan fingerprint density at radius 3 is 2.79 bits per heavy atom. The number of aryl methyl sites for hydroxylation is 2. The quantitative estimate of drug-likeness (QED) is 0.301. The molecule has 2 aromatic heterocycles. The highest BCUT2D eigenvalue weighted by Gasteiger charge is 2.23. The molecule has 0 amide bonds. The van der Waals surface area contributed by atoms with Crippen molar-refractivity contribution in [3.05, 3.63) is 31.3 Å². The van der Waals surface area contributed by atoms with E-state index in [1.807, 2.05) is 13.8 Å². The molecule has 0 atom stereocenters. The molecule has 0 unspecified atom stereocenters. The van der Waals surface area contributed by atoms with Crippen molar-refractivity contribution >= 4 is 50.4 Å². The zero-order valence-corrected chi connectivity index (χ0v) is 19.5. The summed E-state index contributed by atoms with van der Waals surface area (Å²) in [4.78, 5) is 34.3. The first-order valence-electron chi connectivity index (χ1n) is 9.58. The number of nitrogens with zero attached hydrogens (tertiary/aromatic N) is 4. The van der Waals surface area contributed by atoms with Gasteiger partial charge in [0.15, 0.2) is 0 Å². The van der Waals surface area contributed by atoms with Crippen molar-refractivity contribution in [2.75, 3.05) is 33.0 Å². The summed E-state index contributed by atoms with van der Waals surface area (Å²) < 4.78 is 24.0. The topological polar surface area (TPSA) is 80.9 Å².